The van der Waals surface area contributed by atoms with Crippen molar-refractivity contribution < 1.29 is 18.3 Å². The van der Waals surface area contributed by atoms with Crippen molar-refractivity contribution in [3.63, 3.8) is 0 Å². The molecule has 1 amide bonds. The van der Waals surface area contributed by atoms with Gasteiger partial charge in [0, 0.05) is 16.3 Å². The number of fused-ring (bicyclic) bond motifs is 1. The van der Waals surface area contributed by atoms with E-state index in [2.05, 4.69) is 10.3 Å². The van der Waals surface area contributed by atoms with Crippen LogP contribution in [0.1, 0.15) is 10.4 Å². The molecule has 0 aliphatic carbocycles. The molecule has 0 radical (unpaired) electrons. The lowest BCUT2D eigenvalue weighted by molar-refractivity contribution is 0.102. The van der Waals surface area contributed by atoms with Crippen LogP contribution in [-0.2, 0) is 0 Å². The summed E-state index contributed by atoms with van der Waals surface area (Å²) in [4.78, 5) is 29.0. The van der Waals surface area contributed by atoms with Crippen LogP contribution in [0.15, 0.2) is 63.1 Å². The van der Waals surface area contributed by atoms with Crippen molar-refractivity contribution in [3.8, 4) is 17.0 Å². The Morgan fingerprint density at radius 2 is 1.96 bits per heavy atom. The normalized spacial score (nSPS) is 10.8. The molecule has 0 fully saturated rings. The number of rotatable bonds is 4. The Bertz CT molecular complexity index is 1230. The number of carbonyl (C=O) groups excluding carboxylic acids is 1. The van der Waals surface area contributed by atoms with Crippen molar-refractivity contribution in [3.05, 3.63) is 75.7 Å². The summed E-state index contributed by atoms with van der Waals surface area (Å²) >= 11 is 1.20. The van der Waals surface area contributed by atoms with Crippen molar-refractivity contribution in [1.82, 2.24) is 4.98 Å². The number of amides is 1. The highest BCUT2D eigenvalue weighted by molar-refractivity contribution is 7.14. The third-order valence-electron chi connectivity index (χ3n) is 4.05. The fraction of sp³-hybridized carbons (Fsp3) is 0.0500. The first-order valence-corrected chi connectivity index (χ1v) is 9.06. The first kappa shape index (κ1) is 17.9. The minimum absolute atomic E-state index is 0.140. The molecule has 2 aromatic heterocycles. The molecule has 0 bridgehead atoms. The van der Waals surface area contributed by atoms with E-state index in [0.29, 0.717) is 27.5 Å². The number of nitrogens with zero attached hydrogens (tertiary/aromatic N) is 1. The largest absolute Gasteiger partial charge is 0.497 e. The van der Waals surface area contributed by atoms with Crippen LogP contribution in [-0.4, -0.2) is 18.0 Å². The zero-order valence-electron chi connectivity index (χ0n) is 14.6. The smallest absolute Gasteiger partial charge is 0.349 e. The Morgan fingerprint density at radius 1 is 1.18 bits per heavy atom. The topological polar surface area (TPSA) is 81.4 Å². The summed E-state index contributed by atoms with van der Waals surface area (Å²) in [6.45, 7) is 0. The third kappa shape index (κ3) is 3.49. The van der Waals surface area contributed by atoms with Gasteiger partial charge in [0.25, 0.3) is 5.91 Å². The standard InChI is InChI=1S/C20H13FN2O4S/c1-26-14-6-7-17-12(8-14)9-15(19(25)27-17)18(24)23-20-22-16(10-28-20)11-2-4-13(21)5-3-11/h2-10H,1H3,(H,22,23,24). The fourth-order valence-electron chi connectivity index (χ4n) is 2.64. The minimum atomic E-state index is -0.745. The van der Waals surface area contributed by atoms with E-state index in [4.69, 9.17) is 9.15 Å². The predicted octanol–water partition coefficient (Wildman–Crippen LogP) is 4.32. The van der Waals surface area contributed by atoms with Gasteiger partial charge >= 0.3 is 5.63 Å². The quantitative estimate of drug-likeness (QED) is 0.520. The SMILES string of the molecule is COc1ccc2oc(=O)c(C(=O)Nc3nc(-c4ccc(F)cc4)cs3)cc2c1. The molecular weight excluding hydrogens is 383 g/mol. The van der Waals surface area contributed by atoms with Gasteiger partial charge in [0.05, 0.1) is 12.8 Å². The second-order valence-electron chi connectivity index (χ2n) is 5.85. The van der Waals surface area contributed by atoms with Gasteiger partial charge in [0.15, 0.2) is 5.13 Å². The number of benzene rings is 2. The summed E-state index contributed by atoms with van der Waals surface area (Å²) in [7, 11) is 1.52. The van der Waals surface area contributed by atoms with Gasteiger partial charge in [-0.25, -0.2) is 14.2 Å². The number of halogens is 1. The highest BCUT2D eigenvalue weighted by Crippen LogP contribution is 2.26. The van der Waals surface area contributed by atoms with E-state index in [1.807, 2.05) is 0 Å². The molecule has 2 heterocycles. The van der Waals surface area contributed by atoms with Crippen LogP contribution < -0.4 is 15.7 Å². The van der Waals surface area contributed by atoms with Crippen LogP contribution in [0.4, 0.5) is 9.52 Å². The molecule has 1 N–H and O–H groups in total. The summed E-state index contributed by atoms with van der Waals surface area (Å²) in [5.74, 6) is -0.387. The molecule has 140 valence electrons. The van der Waals surface area contributed by atoms with Crippen molar-refractivity contribution in [2.45, 2.75) is 0 Å². The second-order valence-corrected chi connectivity index (χ2v) is 6.71. The predicted molar refractivity (Wildman–Crippen MR) is 104 cm³/mol. The van der Waals surface area contributed by atoms with Gasteiger partial charge in [-0.3, -0.25) is 10.1 Å². The molecule has 8 heteroatoms. The van der Waals surface area contributed by atoms with Crippen LogP contribution in [0.5, 0.6) is 5.75 Å². The third-order valence-corrected chi connectivity index (χ3v) is 4.81. The van der Waals surface area contributed by atoms with E-state index in [9.17, 15) is 14.0 Å². The maximum atomic E-state index is 13.0. The van der Waals surface area contributed by atoms with Crippen molar-refractivity contribution >= 4 is 33.3 Å². The lowest BCUT2D eigenvalue weighted by atomic mass is 10.1. The molecule has 0 atom stereocenters. The van der Waals surface area contributed by atoms with E-state index in [1.165, 1.54) is 36.6 Å². The van der Waals surface area contributed by atoms with Gasteiger partial charge in [-0.05, 0) is 48.5 Å². The Hall–Kier alpha value is -3.52. The van der Waals surface area contributed by atoms with E-state index in [1.54, 1.807) is 35.7 Å². The summed E-state index contributed by atoms with van der Waals surface area (Å²) in [5, 5.41) is 5.21. The number of hydrogen-bond donors (Lipinski definition) is 1. The van der Waals surface area contributed by atoms with Crippen LogP contribution in [0.3, 0.4) is 0 Å². The van der Waals surface area contributed by atoms with E-state index >= 15 is 0 Å². The minimum Gasteiger partial charge on any atom is -0.497 e. The Kier molecular flexibility index (Phi) is 4.62. The number of hydrogen-bond acceptors (Lipinski definition) is 6. The molecule has 0 aliphatic heterocycles. The Morgan fingerprint density at radius 3 is 2.71 bits per heavy atom. The van der Waals surface area contributed by atoms with Gasteiger partial charge in [0.1, 0.15) is 22.7 Å². The molecule has 0 spiro atoms. The number of ether oxygens (including phenoxy) is 1. The average Bonchev–Trinajstić information content (AvgIpc) is 3.16. The first-order valence-electron chi connectivity index (χ1n) is 8.18. The summed E-state index contributed by atoms with van der Waals surface area (Å²) in [5.41, 5.74) is 0.783. The molecule has 0 unspecified atom stereocenters. The van der Waals surface area contributed by atoms with E-state index in [0.717, 1.165) is 5.56 Å². The van der Waals surface area contributed by atoms with E-state index < -0.39 is 11.5 Å². The van der Waals surface area contributed by atoms with Crippen molar-refractivity contribution in [2.75, 3.05) is 12.4 Å². The maximum absolute atomic E-state index is 13.0. The average molecular weight is 396 g/mol. The van der Waals surface area contributed by atoms with Gasteiger partial charge in [0.2, 0.25) is 0 Å². The van der Waals surface area contributed by atoms with Gasteiger partial charge in [-0.1, -0.05) is 0 Å². The van der Waals surface area contributed by atoms with Gasteiger partial charge in [-0.2, -0.15) is 0 Å². The molecule has 0 aliphatic rings. The highest BCUT2D eigenvalue weighted by Gasteiger charge is 2.16. The van der Waals surface area contributed by atoms with Crippen molar-refractivity contribution in [2.24, 2.45) is 0 Å². The van der Waals surface area contributed by atoms with E-state index in [-0.39, 0.29) is 11.4 Å². The molecule has 2 aromatic carbocycles. The summed E-state index contributed by atoms with van der Waals surface area (Å²) in [6.07, 6.45) is 0. The van der Waals surface area contributed by atoms with Crippen LogP contribution in [0.2, 0.25) is 0 Å². The maximum Gasteiger partial charge on any atom is 0.349 e. The number of carbonyl (C=O) groups is 1. The molecule has 28 heavy (non-hydrogen) atoms. The monoisotopic (exact) mass is 396 g/mol. The number of anilines is 1. The molecule has 0 saturated carbocycles. The molecule has 6 nitrogen and oxygen atoms in total. The highest BCUT2D eigenvalue weighted by atomic mass is 32.1. The number of nitrogens with one attached hydrogen (secondary N) is 1. The zero-order valence-corrected chi connectivity index (χ0v) is 15.4. The summed E-state index contributed by atoms with van der Waals surface area (Å²) < 4.78 is 23.4. The number of methoxy groups -OCH3 is 1. The van der Waals surface area contributed by atoms with Crippen molar-refractivity contribution in [1.29, 1.82) is 0 Å². The lowest BCUT2D eigenvalue weighted by Crippen LogP contribution is -2.20. The Balaban J connectivity index is 1.61. The second kappa shape index (κ2) is 7.24. The number of aromatic nitrogens is 1. The van der Waals surface area contributed by atoms with Gasteiger partial charge in [-0.15, -0.1) is 11.3 Å². The van der Waals surface area contributed by atoms with Gasteiger partial charge < -0.3 is 9.15 Å². The zero-order chi connectivity index (χ0) is 19.7. The first-order chi connectivity index (χ1) is 13.5. The number of thiazole rings is 1. The van der Waals surface area contributed by atoms with Crippen LogP contribution in [0.25, 0.3) is 22.2 Å². The molecule has 0 saturated heterocycles. The molecule has 4 rings (SSSR count). The Labute approximate surface area is 162 Å². The van der Waals surface area contributed by atoms with Crippen LogP contribution >= 0.6 is 11.3 Å². The molecular formula is C20H13FN2O4S. The summed E-state index contributed by atoms with van der Waals surface area (Å²) in [6, 6.07) is 12.3. The fourth-order valence-corrected chi connectivity index (χ4v) is 3.35. The van der Waals surface area contributed by atoms with Crippen LogP contribution in [0, 0.1) is 5.82 Å². The lowest BCUT2D eigenvalue weighted by Gasteiger charge is -2.04. The molecule has 4 aromatic rings.